The third kappa shape index (κ3) is 3.55. The second kappa shape index (κ2) is 6.32. The van der Waals surface area contributed by atoms with E-state index >= 15 is 0 Å². The standard InChI is InChI=1S/C15H15FN2O3/c1-10-2-4-13(16)7-12(10)9-21-15-5-3-11(8-17)6-14(15)18(19)20/h2-7H,8-9,17H2,1H3. The van der Waals surface area contributed by atoms with Crippen molar-refractivity contribution in [2.24, 2.45) is 5.73 Å². The van der Waals surface area contributed by atoms with Crippen LogP contribution in [-0.4, -0.2) is 4.92 Å². The van der Waals surface area contributed by atoms with Gasteiger partial charge in [0.1, 0.15) is 12.4 Å². The van der Waals surface area contributed by atoms with E-state index in [1.165, 1.54) is 24.3 Å². The molecule has 0 aliphatic rings. The van der Waals surface area contributed by atoms with Gasteiger partial charge in [0.05, 0.1) is 4.92 Å². The number of rotatable bonds is 5. The van der Waals surface area contributed by atoms with Crippen molar-refractivity contribution in [3.05, 3.63) is 69.0 Å². The van der Waals surface area contributed by atoms with Gasteiger partial charge in [-0.2, -0.15) is 0 Å². The molecule has 0 fully saturated rings. The van der Waals surface area contributed by atoms with Crippen molar-refractivity contribution in [2.45, 2.75) is 20.1 Å². The quantitative estimate of drug-likeness (QED) is 0.678. The molecule has 0 unspecified atom stereocenters. The molecule has 0 aliphatic carbocycles. The largest absolute Gasteiger partial charge is 0.482 e. The minimum absolute atomic E-state index is 0.0619. The molecule has 0 amide bonds. The summed E-state index contributed by atoms with van der Waals surface area (Å²) in [7, 11) is 0. The van der Waals surface area contributed by atoms with Crippen LogP contribution in [0.3, 0.4) is 0 Å². The number of benzene rings is 2. The van der Waals surface area contributed by atoms with Crippen LogP contribution in [0.1, 0.15) is 16.7 Å². The molecule has 0 spiro atoms. The van der Waals surface area contributed by atoms with Gasteiger partial charge in [-0.15, -0.1) is 0 Å². The molecule has 2 rings (SSSR count). The van der Waals surface area contributed by atoms with E-state index in [4.69, 9.17) is 10.5 Å². The summed E-state index contributed by atoms with van der Waals surface area (Å²) < 4.78 is 18.7. The summed E-state index contributed by atoms with van der Waals surface area (Å²) >= 11 is 0. The molecule has 2 aromatic rings. The summed E-state index contributed by atoms with van der Waals surface area (Å²) in [6.07, 6.45) is 0. The first-order chi connectivity index (χ1) is 10.0. The molecular formula is C15H15FN2O3. The maximum atomic E-state index is 13.2. The van der Waals surface area contributed by atoms with Crippen molar-refractivity contribution in [2.75, 3.05) is 0 Å². The molecule has 0 aliphatic heterocycles. The summed E-state index contributed by atoms with van der Waals surface area (Å²) in [4.78, 5) is 10.5. The average molecular weight is 290 g/mol. The van der Waals surface area contributed by atoms with Crippen LogP contribution < -0.4 is 10.5 Å². The van der Waals surface area contributed by atoms with Crippen molar-refractivity contribution in [3.63, 3.8) is 0 Å². The highest BCUT2D eigenvalue weighted by molar-refractivity contribution is 5.48. The summed E-state index contributed by atoms with van der Waals surface area (Å²) in [5, 5.41) is 11.0. The van der Waals surface area contributed by atoms with Gasteiger partial charge < -0.3 is 10.5 Å². The Morgan fingerprint density at radius 3 is 2.71 bits per heavy atom. The third-order valence-electron chi connectivity index (χ3n) is 3.15. The monoisotopic (exact) mass is 290 g/mol. The summed E-state index contributed by atoms with van der Waals surface area (Å²) in [5.41, 5.74) is 7.47. The van der Waals surface area contributed by atoms with Crippen LogP contribution >= 0.6 is 0 Å². The lowest BCUT2D eigenvalue weighted by atomic mass is 10.1. The van der Waals surface area contributed by atoms with Crippen molar-refractivity contribution in [3.8, 4) is 5.75 Å². The normalized spacial score (nSPS) is 10.4. The lowest BCUT2D eigenvalue weighted by molar-refractivity contribution is -0.386. The smallest absolute Gasteiger partial charge is 0.311 e. The van der Waals surface area contributed by atoms with E-state index in [1.54, 1.807) is 12.1 Å². The summed E-state index contributed by atoms with van der Waals surface area (Å²) in [6, 6.07) is 8.91. The zero-order chi connectivity index (χ0) is 15.4. The number of nitro groups is 1. The second-order valence-corrected chi connectivity index (χ2v) is 4.62. The molecule has 0 heterocycles. The van der Waals surface area contributed by atoms with Crippen LogP contribution in [-0.2, 0) is 13.2 Å². The fourth-order valence-corrected chi connectivity index (χ4v) is 1.91. The van der Waals surface area contributed by atoms with Gasteiger partial charge in [0.25, 0.3) is 0 Å². The molecule has 0 bridgehead atoms. The Bertz CT molecular complexity index is 674. The molecule has 0 radical (unpaired) electrons. The van der Waals surface area contributed by atoms with Gasteiger partial charge in [0.15, 0.2) is 5.75 Å². The Morgan fingerprint density at radius 2 is 2.05 bits per heavy atom. The maximum Gasteiger partial charge on any atom is 0.311 e. The number of hydrogen-bond acceptors (Lipinski definition) is 4. The van der Waals surface area contributed by atoms with Crippen molar-refractivity contribution in [1.29, 1.82) is 0 Å². The fourth-order valence-electron chi connectivity index (χ4n) is 1.91. The Hall–Kier alpha value is -2.47. The van der Waals surface area contributed by atoms with Crippen LogP contribution in [0.2, 0.25) is 0 Å². The highest BCUT2D eigenvalue weighted by atomic mass is 19.1. The number of ether oxygens (including phenoxy) is 1. The van der Waals surface area contributed by atoms with Crippen LogP contribution in [0, 0.1) is 22.9 Å². The zero-order valence-electron chi connectivity index (χ0n) is 11.5. The molecule has 2 N–H and O–H groups in total. The third-order valence-corrected chi connectivity index (χ3v) is 3.15. The van der Waals surface area contributed by atoms with E-state index in [0.29, 0.717) is 11.1 Å². The minimum atomic E-state index is -0.521. The molecule has 110 valence electrons. The van der Waals surface area contributed by atoms with Gasteiger partial charge in [-0.1, -0.05) is 12.1 Å². The maximum absolute atomic E-state index is 13.2. The number of hydrogen-bond donors (Lipinski definition) is 1. The molecule has 0 atom stereocenters. The Kier molecular flexibility index (Phi) is 4.49. The van der Waals surface area contributed by atoms with Gasteiger partial charge in [0, 0.05) is 12.6 Å². The SMILES string of the molecule is Cc1ccc(F)cc1COc1ccc(CN)cc1[N+](=O)[O-]. The first-order valence-electron chi connectivity index (χ1n) is 6.36. The average Bonchev–Trinajstić information content (AvgIpc) is 2.48. The van der Waals surface area contributed by atoms with Crippen LogP contribution in [0.5, 0.6) is 5.75 Å². The second-order valence-electron chi connectivity index (χ2n) is 4.62. The minimum Gasteiger partial charge on any atom is -0.482 e. The number of nitrogens with two attached hydrogens (primary N) is 1. The molecular weight excluding hydrogens is 275 g/mol. The van der Waals surface area contributed by atoms with Crippen molar-refractivity contribution >= 4 is 5.69 Å². The van der Waals surface area contributed by atoms with E-state index in [2.05, 4.69) is 0 Å². The van der Waals surface area contributed by atoms with Crippen LogP contribution in [0.15, 0.2) is 36.4 Å². The van der Waals surface area contributed by atoms with Gasteiger partial charge in [-0.25, -0.2) is 4.39 Å². The number of nitrogens with zero attached hydrogens (tertiary/aromatic N) is 1. The number of aryl methyl sites for hydroxylation is 1. The molecule has 0 saturated heterocycles. The molecule has 2 aromatic carbocycles. The van der Waals surface area contributed by atoms with E-state index < -0.39 is 4.92 Å². The van der Waals surface area contributed by atoms with E-state index in [1.807, 2.05) is 6.92 Å². The lowest BCUT2D eigenvalue weighted by Crippen LogP contribution is -2.03. The summed E-state index contributed by atoms with van der Waals surface area (Å²) in [5.74, 6) is -0.229. The molecule has 21 heavy (non-hydrogen) atoms. The molecule has 0 aromatic heterocycles. The fraction of sp³-hybridized carbons (Fsp3) is 0.200. The Morgan fingerprint density at radius 1 is 1.29 bits per heavy atom. The van der Waals surface area contributed by atoms with Crippen molar-refractivity contribution in [1.82, 2.24) is 0 Å². The first kappa shape index (κ1) is 14.9. The highest BCUT2D eigenvalue weighted by Gasteiger charge is 2.16. The van der Waals surface area contributed by atoms with Crippen molar-refractivity contribution < 1.29 is 14.1 Å². The first-order valence-corrected chi connectivity index (χ1v) is 6.36. The number of halogens is 1. The van der Waals surface area contributed by atoms with Gasteiger partial charge in [-0.05, 0) is 41.8 Å². The lowest BCUT2D eigenvalue weighted by Gasteiger charge is -2.10. The summed E-state index contributed by atoms with van der Waals surface area (Å²) in [6.45, 7) is 2.10. The van der Waals surface area contributed by atoms with E-state index in [0.717, 1.165) is 5.56 Å². The van der Waals surface area contributed by atoms with Crippen LogP contribution in [0.4, 0.5) is 10.1 Å². The van der Waals surface area contributed by atoms with E-state index in [-0.39, 0.29) is 30.4 Å². The number of nitro benzene ring substituents is 1. The molecule has 5 nitrogen and oxygen atoms in total. The van der Waals surface area contributed by atoms with Gasteiger partial charge in [-0.3, -0.25) is 10.1 Å². The topological polar surface area (TPSA) is 78.4 Å². The predicted molar refractivity (Wildman–Crippen MR) is 76.5 cm³/mol. The van der Waals surface area contributed by atoms with Crippen LogP contribution in [0.25, 0.3) is 0 Å². The van der Waals surface area contributed by atoms with E-state index in [9.17, 15) is 14.5 Å². The Labute approximate surface area is 121 Å². The molecule has 0 saturated carbocycles. The Balaban J connectivity index is 2.23. The van der Waals surface area contributed by atoms with Gasteiger partial charge in [0.2, 0.25) is 0 Å². The van der Waals surface area contributed by atoms with Gasteiger partial charge >= 0.3 is 5.69 Å². The zero-order valence-corrected chi connectivity index (χ0v) is 11.5. The predicted octanol–water partition coefficient (Wildman–Crippen LogP) is 3.08. The molecule has 6 heteroatoms. The highest BCUT2D eigenvalue weighted by Crippen LogP contribution is 2.29.